The van der Waals surface area contributed by atoms with E-state index in [0.29, 0.717) is 5.56 Å². The maximum Gasteiger partial charge on any atom is 0.330 e. The first kappa shape index (κ1) is 15.7. The molecular weight excluding hydrogens is 314 g/mol. The lowest BCUT2D eigenvalue weighted by atomic mass is 10.1. The van der Waals surface area contributed by atoms with Gasteiger partial charge in [0.2, 0.25) is 0 Å². The van der Waals surface area contributed by atoms with E-state index in [-0.39, 0.29) is 12.5 Å². The van der Waals surface area contributed by atoms with Gasteiger partial charge in [0.25, 0.3) is 5.91 Å². The number of esters is 1. The number of hydrogen-bond donors (Lipinski definition) is 1. The van der Waals surface area contributed by atoms with Gasteiger partial charge in [0.15, 0.2) is 6.04 Å². The number of carbonyl (C=O) groups is 2. The Balaban J connectivity index is 2.81. The number of hydrogen-bond acceptors (Lipinski definition) is 4. The van der Waals surface area contributed by atoms with Crippen molar-refractivity contribution < 1.29 is 19.1 Å². The van der Waals surface area contributed by atoms with Crippen LogP contribution in [0.4, 0.5) is 0 Å². The zero-order chi connectivity index (χ0) is 14.4. The Morgan fingerprint density at radius 3 is 2.58 bits per heavy atom. The number of halogens is 1. The molecule has 0 heterocycles. The predicted molar refractivity (Wildman–Crippen MR) is 74.0 cm³/mol. The molecule has 0 saturated heterocycles. The molecule has 6 heteroatoms. The normalized spacial score (nSPS) is 11.8. The van der Waals surface area contributed by atoms with Gasteiger partial charge in [0.05, 0.1) is 13.7 Å². The van der Waals surface area contributed by atoms with Crippen LogP contribution in [0.5, 0.6) is 0 Å². The van der Waals surface area contributed by atoms with Crippen LogP contribution >= 0.6 is 15.9 Å². The quantitative estimate of drug-likeness (QED) is 0.835. The van der Waals surface area contributed by atoms with Crippen molar-refractivity contribution in [3.05, 3.63) is 33.8 Å². The lowest BCUT2D eigenvalue weighted by Crippen LogP contribution is -2.44. The summed E-state index contributed by atoms with van der Waals surface area (Å²) >= 11 is 3.36. The van der Waals surface area contributed by atoms with Crippen molar-refractivity contribution in [3.8, 4) is 0 Å². The molecule has 0 aromatic heterocycles. The Morgan fingerprint density at radius 1 is 1.37 bits per heavy atom. The molecule has 1 rings (SSSR count). The lowest BCUT2D eigenvalue weighted by Gasteiger charge is -2.15. The minimum absolute atomic E-state index is 0.0634. The molecule has 5 nitrogen and oxygen atoms in total. The van der Waals surface area contributed by atoms with Crippen molar-refractivity contribution in [3.63, 3.8) is 0 Å². The number of carbonyl (C=O) groups excluding carboxylic acids is 2. The fourth-order valence-corrected chi connectivity index (χ4v) is 1.75. The topological polar surface area (TPSA) is 64.6 Å². The molecule has 104 valence electrons. The number of nitrogens with one attached hydrogen (secondary N) is 1. The average Bonchev–Trinajstić information content (AvgIpc) is 2.40. The van der Waals surface area contributed by atoms with Crippen LogP contribution in [0.25, 0.3) is 0 Å². The Kier molecular flexibility index (Phi) is 5.98. The molecule has 0 aliphatic rings. The van der Waals surface area contributed by atoms with E-state index in [1.54, 1.807) is 18.2 Å². The summed E-state index contributed by atoms with van der Waals surface area (Å²) in [6.07, 6.45) is 0. The van der Waals surface area contributed by atoms with Gasteiger partial charge in [0, 0.05) is 17.1 Å². The Bertz CT molecular complexity index is 476. The summed E-state index contributed by atoms with van der Waals surface area (Å²) in [5.41, 5.74) is 1.42. The molecule has 0 saturated carbocycles. The average molecular weight is 330 g/mol. The Hall–Kier alpha value is -1.40. The van der Waals surface area contributed by atoms with Gasteiger partial charge in [-0.25, -0.2) is 4.79 Å². The second-order valence-electron chi connectivity index (χ2n) is 3.97. The van der Waals surface area contributed by atoms with Crippen LogP contribution in [0.3, 0.4) is 0 Å². The van der Waals surface area contributed by atoms with Crippen molar-refractivity contribution in [2.24, 2.45) is 0 Å². The molecule has 1 amide bonds. The highest BCUT2D eigenvalue weighted by atomic mass is 79.9. The van der Waals surface area contributed by atoms with Gasteiger partial charge in [-0.1, -0.05) is 15.9 Å². The van der Waals surface area contributed by atoms with E-state index in [9.17, 15) is 9.59 Å². The molecule has 19 heavy (non-hydrogen) atoms. The third-order valence-corrected chi connectivity index (χ3v) is 3.43. The van der Waals surface area contributed by atoms with E-state index in [0.717, 1.165) is 10.0 Å². The maximum atomic E-state index is 12.0. The van der Waals surface area contributed by atoms with Gasteiger partial charge in [-0.3, -0.25) is 4.79 Å². The van der Waals surface area contributed by atoms with Crippen molar-refractivity contribution in [2.45, 2.75) is 13.0 Å². The van der Waals surface area contributed by atoms with Crippen LogP contribution in [0.15, 0.2) is 22.7 Å². The summed E-state index contributed by atoms with van der Waals surface area (Å²) in [5.74, 6) is -0.882. The van der Waals surface area contributed by atoms with Crippen LogP contribution in [0, 0.1) is 6.92 Å². The van der Waals surface area contributed by atoms with Crippen LogP contribution in [0.2, 0.25) is 0 Å². The maximum absolute atomic E-state index is 12.0. The van der Waals surface area contributed by atoms with Gasteiger partial charge in [0.1, 0.15) is 0 Å². The van der Waals surface area contributed by atoms with Gasteiger partial charge in [-0.05, 0) is 30.7 Å². The molecule has 0 fully saturated rings. The number of ether oxygens (including phenoxy) is 2. The predicted octanol–water partition coefficient (Wildman–Crippen LogP) is 1.68. The second kappa shape index (κ2) is 7.25. The molecular formula is C13H16BrNO4. The molecule has 1 unspecified atom stereocenters. The summed E-state index contributed by atoms with van der Waals surface area (Å²) in [6.45, 7) is 1.95. The molecule has 0 radical (unpaired) electrons. The standard InChI is InChI=1S/C13H16BrNO4/c1-8-6-9(4-5-10(8)14)12(16)15-11(7-18-2)13(17)19-3/h4-6,11H,7H2,1-3H3,(H,15,16). The largest absolute Gasteiger partial charge is 0.467 e. The summed E-state index contributed by atoms with van der Waals surface area (Å²) in [4.78, 5) is 23.5. The first-order valence-corrected chi connectivity index (χ1v) is 6.42. The Morgan fingerprint density at radius 2 is 2.05 bits per heavy atom. The minimum Gasteiger partial charge on any atom is -0.467 e. The molecule has 1 atom stereocenters. The number of benzene rings is 1. The van der Waals surface area contributed by atoms with Crippen LogP contribution < -0.4 is 5.32 Å². The smallest absolute Gasteiger partial charge is 0.330 e. The van der Waals surface area contributed by atoms with Gasteiger partial charge >= 0.3 is 5.97 Å². The van der Waals surface area contributed by atoms with E-state index in [4.69, 9.17) is 4.74 Å². The van der Waals surface area contributed by atoms with Gasteiger partial charge < -0.3 is 14.8 Å². The fraction of sp³-hybridized carbons (Fsp3) is 0.385. The van der Waals surface area contributed by atoms with Crippen LogP contribution in [-0.2, 0) is 14.3 Å². The third kappa shape index (κ3) is 4.33. The van der Waals surface area contributed by atoms with E-state index < -0.39 is 12.0 Å². The monoisotopic (exact) mass is 329 g/mol. The lowest BCUT2D eigenvalue weighted by molar-refractivity contribution is -0.144. The Labute approximate surface area is 120 Å². The van der Waals surface area contributed by atoms with Crippen molar-refractivity contribution in [1.82, 2.24) is 5.32 Å². The van der Waals surface area contributed by atoms with E-state index >= 15 is 0 Å². The molecule has 0 aliphatic carbocycles. The highest BCUT2D eigenvalue weighted by Gasteiger charge is 2.22. The SMILES string of the molecule is COCC(NC(=O)c1ccc(Br)c(C)c1)C(=O)OC. The summed E-state index contributed by atoms with van der Waals surface area (Å²) in [7, 11) is 2.72. The first-order chi connectivity index (χ1) is 8.99. The molecule has 1 aromatic rings. The van der Waals surface area contributed by atoms with E-state index in [2.05, 4.69) is 26.0 Å². The summed E-state index contributed by atoms with van der Waals surface area (Å²) in [5, 5.41) is 2.58. The van der Waals surface area contributed by atoms with Crippen molar-refractivity contribution in [1.29, 1.82) is 0 Å². The van der Waals surface area contributed by atoms with Gasteiger partial charge in [-0.2, -0.15) is 0 Å². The highest BCUT2D eigenvalue weighted by Crippen LogP contribution is 2.17. The molecule has 0 aliphatic heterocycles. The number of aryl methyl sites for hydroxylation is 1. The van der Waals surface area contributed by atoms with Crippen molar-refractivity contribution >= 4 is 27.8 Å². The van der Waals surface area contributed by atoms with Gasteiger partial charge in [-0.15, -0.1) is 0 Å². The van der Waals surface area contributed by atoms with E-state index in [1.807, 2.05) is 6.92 Å². The molecule has 1 aromatic carbocycles. The number of rotatable bonds is 5. The van der Waals surface area contributed by atoms with Crippen molar-refractivity contribution in [2.75, 3.05) is 20.8 Å². The number of amides is 1. The van der Waals surface area contributed by atoms with Crippen LogP contribution in [0.1, 0.15) is 15.9 Å². The number of methoxy groups -OCH3 is 2. The minimum atomic E-state index is -0.813. The third-order valence-electron chi connectivity index (χ3n) is 2.54. The summed E-state index contributed by atoms with van der Waals surface area (Å²) in [6, 6.07) is 4.38. The molecule has 0 spiro atoms. The molecule has 0 bridgehead atoms. The van der Waals surface area contributed by atoms with E-state index in [1.165, 1.54) is 14.2 Å². The first-order valence-electron chi connectivity index (χ1n) is 5.63. The molecule has 1 N–H and O–H groups in total. The zero-order valence-corrected chi connectivity index (χ0v) is 12.6. The second-order valence-corrected chi connectivity index (χ2v) is 4.82. The van der Waals surface area contributed by atoms with Crippen LogP contribution in [-0.4, -0.2) is 38.7 Å². The fourth-order valence-electron chi connectivity index (χ4n) is 1.51. The summed E-state index contributed by atoms with van der Waals surface area (Å²) < 4.78 is 10.4. The zero-order valence-electron chi connectivity index (χ0n) is 11.0. The highest BCUT2D eigenvalue weighted by molar-refractivity contribution is 9.10.